The number of aryl methyl sites for hydroxylation is 1. The van der Waals surface area contributed by atoms with Crippen LogP contribution in [-0.2, 0) is 6.42 Å². The molecule has 202 valence electrons. The number of aromatic nitrogens is 3. The van der Waals surface area contributed by atoms with E-state index in [1.807, 2.05) is 22.7 Å². The fraction of sp³-hybridized carbons (Fsp3) is 0.0526. The van der Waals surface area contributed by atoms with Crippen molar-refractivity contribution in [3.8, 4) is 17.2 Å². The van der Waals surface area contributed by atoms with Crippen molar-refractivity contribution in [2.24, 2.45) is 0 Å². The first-order valence-corrected chi connectivity index (χ1v) is 16.3. The quantitative estimate of drug-likeness (QED) is 0.202. The van der Waals surface area contributed by atoms with Crippen molar-refractivity contribution >= 4 is 91.7 Å². The minimum Gasteiger partial charge on any atom is -0.276 e. The van der Waals surface area contributed by atoms with Gasteiger partial charge in [-0.15, -0.1) is 22.7 Å². The third kappa shape index (κ3) is 3.24. The Labute approximate surface area is 255 Å². The van der Waals surface area contributed by atoms with Crippen molar-refractivity contribution in [2.75, 3.05) is 0 Å². The third-order valence-corrected chi connectivity index (χ3v) is 11.3. The van der Waals surface area contributed by atoms with Crippen LogP contribution in [0, 0.1) is 0 Å². The number of hydrogen-bond donors (Lipinski definition) is 0. The Bertz CT molecular complexity index is 2620. The molecule has 1 aliphatic rings. The summed E-state index contributed by atoms with van der Waals surface area (Å²) in [6, 6.07) is 36.6. The van der Waals surface area contributed by atoms with E-state index in [4.69, 9.17) is 9.97 Å². The lowest BCUT2D eigenvalue weighted by Crippen LogP contribution is -2.03. The summed E-state index contributed by atoms with van der Waals surface area (Å²) < 4.78 is 6.40. The van der Waals surface area contributed by atoms with Gasteiger partial charge in [-0.3, -0.25) is 4.57 Å². The van der Waals surface area contributed by atoms with Crippen molar-refractivity contribution in [1.82, 2.24) is 14.5 Å². The first-order valence-electron chi connectivity index (χ1n) is 14.7. The monoisotopic (exact) mass is 585 g/mol. The second-order valence-corrected chi connectivity index (χ2v) is 13.4. The van der Waals surface area contributed by atoms with Gasteiger partial charge in [0, 0.05) is 52.2 Å². The van der Waals surface area contributed by atoms with Crippen LogP contribution in [0.15, 0.2) is 109 Å². The molecule has 1 aliphatic carbocycles. The molecule has 5 heteroatoms. The molecule has 10 rings (SSSR count). The van der Waals surface area contributed by atoms with E-state index in [-0.39, 0.29) is 0 Å². The molecule has 5 aromatic carbocycles. The molecule has 0 fully saturated rings. The van der Waals surface area contributed by atoms with Gasteiger partial charge in [-0.25, -0.2) is 9.97 Å². The smallest absolute Gasteiger partial charge is 0.235 e. The number of rotatable bonds is 2. The van der Waals surface area contributed by atoms with E-state index in [9.17, 15) is 0 Å². The Morgan fingerprint density at radius 2 is 1.40 bits per heavy atom. The Morgan fingerprint density at radius 3 is 2.30 bits per heavy atom. The van der Waals surface area contributed by atoms with Crippen LogP contribution in [0.2, 0.25) is 0 Å². The van der Waals surface area contributed by atoms with E-state index in [0.29, 0.717) is 5.95 Å². The average molecular weight is 586 g/mol. The average Bonchev–Trinajstić information content (AvgIpc) is 3.74. The van der Waals surface area contributed by atoms with Crippen LogP contribution in [0.5, 0.6) is 0 Å². The number of nitrogens with zero attached hydrogens (tertiary/aromatic N) is 3. The van der Waals surface area contributed by atoms with E-state index < -0.39 is 0 Å². The molecule has 0 amide bonds. The molecule has 0 spiro atoms. The summed E-state index contributed by atoms with van der Waals surface area (Å²) in [4.78, 5) is 12.1. The zero-order chi connectivity index (χ0) is 28.1. The Balaban J connectivity index is 1.47. The van der Waals surface area contributed by atoms with Crippen LogP contribution in [0.25, 0.3) is 86.2 Å². The van der Waals surface area contributed by atoms with Crippen LogP contribution in [0.1, 0.15) is 16.9 Å². The van der Waals surface area contributed by atoms with Crippen LogP contribution < -0.4 is 0 Å². The van der Waals surface area contributed by atoms with Gasteiger partial charge in [-0.1, -0.05) is 97.1 Å². The zero-order valence-electron chi connectivity index (χ0n) is 23.0. The maximum Gasteiger partial charge on any atom is 0.235 e. The van der Waals surface area contributed by atoms with Gasteiger partial charge in [0.25, 0.3) is 0 Å². The number of allylic oxidation sites excluding steroid dienone is 1. The van der Waals surface area contributed by atoms with Crippen molar-refractivity contribution in [3.05, 3.63) is 120 Å². The topological polar surface area (TPSA) is 30.7 Å². The molecule has 43 heavy (non-hydrogen) atoms. The minimum atomic E-state index is 0.714. The van der Waals surface area contributed by atoms with Gasteiger partial charge in [0.15, 0.2) is 0 Å². The summed E-state index contributed by atoms with van der Waals surface area (Å²) in [6.07, 6.45) is 6.88. The fourth-order valence-corrected chi connectivity index (χ4v) is 9.72. The lowest BCUT2D eigenvalue weighted by molar-refractivity contribution is 1.02. The van der Waals surface area contributed by atoms with Crippen molar-refractivity contribution in [3.63, 3.8) is 0 Å². The Kier molecular flexibility index (Phi) is 4.87. The molecule has 3 nitrogen and oxygen atoms in total. The van der Waals surface area contributed by atoms with Crippen LogP contribution in [0.3, 0.4) is 0 Å². The first-order chi connectivity index (χ1) is 21.3. The summed E-state index contributed by atoms with van der Waals surface area (Å²) >= 11 is 3.89. The van der Waals surface area contributed by atoms with E-state index in [2.05, 4.69) is 120 Å². The van der Waals surface area contributed by atoms with Crippen molar-refractivity contribution < 1.29 is 0 Å². The highest BCUT2D eigenvalue weighted by Gasteiger charge is 2.27. The summed E-state index contributed by atoms with van der Waals surface area (Å²) in [7, 11) is 0. The highest BCUT2D eigenvalue weighted by molar-refractivity contribution is 7.28. The van der Waals surface area contributed by atoms with E-state index in [1.54, 1.807) is 0 Å². The standard InChI is InChI=1S/C38H23N3S2/c1-2-12-22(13-3-1)34-23-14-4-8-18-27(23)39-38(40-34)41-28-19-9-5-15-24(28)31-32-25-16-6-10-20-29(25)42-36(32)33-26-17-7-11-21-30(26)43-37(33)35(31)41/h1-10,12-20H,11,21H2. The summed E-state index contributed by atoms with van der Waals surface area (Å²) in [5.41, 5.74) is 6.75. The Morgan fingerprint density at radius 1 is 0.628 bits per heavy atom. The van der Waals surface area contributed by atoms with Crippen molar-refractivity contribution in [1.29, 1.82) is 0 Å². The van der Waals surface area contributed by atoms with E-state index in [0.717, 1.165) is 40.5 Å². The van der Waals surface area contributed by atoms with Crippen LogP contribution in [-0.4, -0.2) is 14.5 Å². The molecule has 0 aliphatic heterocycles. The van der Waals surface area contributed by atoms with Crippen LogP contribution >= 0.6 is 22.7 Å². The summed E-state index contributed by atoms with van der Waals surface area (Å²) in [6.45, 7) is 0. The number of para-hydroxylation sites is 2. The molecular formula is C38H23N3S2. The highest BCUT2D eigenvalue weighted by Crippen LogP contribution is 2.52. The van der Waals surface area contributed by atoms with Gasteiger partial charge in [-0.2, -0.15) is 0 Å². The maximum absolute atomic E-state index is 5.38. The fourth-order valence-electron chi connectivity index (χ4n) is 7.03. The van der Waals surface area contributed by atoms with Gasteiger partial charge in [0.1, 0.15) is 0 Å². The Hall–Kier alpha value is -4.84. The molecule has 0 saturated carbocycles. The second-order valence-electron chi connectivity index (χ2n) is 11.2. The SMILES string of the molecule is C1=Cc2c(sc3c2c2sc4ccccc4c2c2c4ccccc4n(-c4nc(-c5ccccc5)c5ccccc5n4)c32)CC1. The molecule has 4 aromatic heterocycles. The van der Waals surface area contributed by atoms with E-state index >= 15 is 0 Å². The molecule has 0 N–H and O–H groups in total. The first kappa shape index (κ1) is 23.7. The number of thiophene rings is 2. The molecular weight excluding hydrogens is 563 g/mol. The molecule has 0 radical (unpaired) electrons. The van der Waals surface area contributed by atoms with Gasteiger partial charge in [0.2, 0.25) is 5.95 Å². The van der Waals surface area contributed by atoms with Crippen LogP contribution in [0.4, 0.5) is 0 Å². The zero-order valence-corrected chi connectivity index (χ0v) is 24.7. The lowest BCUT2D eigenvalue weighted by atomic mass is 9.98. The van der Waals surface area contributed by atoms with Crippen molar-refractivity contribution in [2.45, 2.75) is 12.8 Å². The third-order valence-electron chi connectivity index (χ3n) is 8.85. The molecule has 0 saturated heterocycles. The molecule has 4 heterocycles. The normalized spacial score (nSPS) is 13.3. The number of fused-ring (bicyclic) bond motifs is 13. The highest BCUT2D eigenvalue weighted by atomic mass is 32.1. The minimum absolute atomic E-state index is 0.714. The predicted octanol–water partition coefficient (Wildman–Crippen LogP) is 10.9. The van der Waals surface area contributed by atoms with Gasteiger partial charge < -0.3 is 0 Å². The van der Waals surface area contributed by atoms with E-state index in [1.165, 1.54) is 57.0 Å². The molecule has 0 unspecified atom stereocenters. The predicted molar refractivity (Wildman–Crippen MR) is 185 cm³/mol. The van der Waals surface area contributed by atoms with Gasteiger partial charge in [0.05, 0.1) is 26.9 Å². The molecule has 0 bridgehead atoms. The number of benzene rings is 5. The second kappa shape index (κ2) is 8.83. The molecule has 0 atom stereocenters. The molecule has 9 aromatic rings. The maximum atomic E-state index is 5.38. The lowest BCUT2D eigenvalue weighted by Gasteiger charge is -2.12. The number of hydrogen-bond acceptors (Lipinski definition) is 4. The summed E-state index contributed by atoms with van der Waals surface area (Å²) in [5, 5.41) is 7.66. The summed E-state index contributed by atoms with van der Waals surface area (Å²) in [5.74, 6) is 0.714. The van der Waals surface area contributed by atoms with Gasteiger partial charge in [-0.05, 0) is 36.6 Å². The van der Waals surface area contributed by atoms with Gasteiger partial charge >= 0.3 is 0 Å². The largest absolute Gasteiger partial charge is 0.276 e.